The SMILES string of the molecule is CCCCCC(O)(CN1C=NCC1)C(N)=O. The number of nitrogens with two attached hydrogens (primary N) is 1. The topological polar surface area (TPSA) is 78.9 Å². The molecule has 1 aliphatic heterocycles. The molecule has 0 bridgehead atoms. The van der Waals surface area contributed by atoms with Gasteiger partial charge in [0.2, 0.25) is 0 Å². The maximum absolute atomic E-state index is 11.3. The minimum atomic E-state index is -1.41. The van der Waals surface area contributed by atoms with Crippen molar-refractivity contribution in [2.24, 2.45) is 10.7 Å². The van der Waals surface area contributed by atoms with Gasteiger partial charge in [0.1, 0.15) is 0 Å². The summed E-state index contributed by atoms with van der Waals surface area (Å²) in [6.07, 6.45) is 4.98. The lowest BCUT2D eigenvalue weighted by Crippen LogP contribution is -2.51. The summed E-state index contributed by atoms with van der Waals surface area (Å²) in [4.78, 5) is 17.2. The zero-order valence-corrected chi connectivity index (χ0v) is 9.85. The quantitative estimate of drug-likeness (QED) is 0.607. The fraction of sp³-hybridized carbons (Fsp3) is 0.818. The van der Waals surface area contributed by atoms with Crippen LogP contribution in [0.3, 0.4) is 0 Å². The molecule has 0 saturated heterocycles. The van der Waals surface area contributed by atoms with E-state index in [4.69, 9.17) is 5.73 Å². The van der Waals surface area contributed by atoms with Crippen LogP contribution in [0.2, 0.25) is 0 Å². The zero-order valence-electron chi connectivity index (χ0n) is 9.85. The second-order valence-corrected chi connectivity index (χ2v) is 4.35. The first kappa shape index (κ1) is 13.0. The van der Waals surface area contributed by atoms with Crippen LogP contribution in [0.15, 0.2) is 4.99 Å². The number of primary amides is 1. The van der Waals surface area contributed by atoms with E-state index in [1.54, 1.807) is 6.34 Å². The maximum Gasteiger partial charge on any atom is 0.251 e. The highest BCUT2D eigenvalue weighted by molar-refractivity contribution is 5.83. The predicted octanol–water partition coefficient (Wildman–Crippen LogP) is 0.127. The van der Waals surface area contributed by atoms with Gasteiger partial charge in [-0.05, 0) is 12.8 Å². The number of rotatable bonds is 7. The molecule has 0 aromatic rings. The third-order valence-corrected chi connectivity index (χ3v) is 2.88. The number of hydrogen-bond donors (Lipinski definition) is 2. The Morgan fingerprint density at radius 2 is 2.38 bits per heavy atom. The second-order valence-electron chi connectivity index (χ2n) is 4.35. The molecule has 0 saturated carbocycles. The smallest absolute Gasteiger partial charge is 0.251 e. The van der Waals surface area contributed by atoms with Gasteiger partial charge in [-0.2, -0.15) is 0 Å². The molecular formula is C11H21N3O2. The molecule has 3 N–H and O–H groups in total. The molecule has 1 atom stereocenters. The van der Waals surface area contributed by atoms with Gasteiger partial charge in [0.15, 0.2) is 5.60 Å². The number of hydrogen-bond acceptors (Lipinski definition) is 4. The average Bonchev–Trinajstić information content (AvgIpc) is 2.70. The summed E-state index contributed by atoms with van der Waals surface area (Å²) in [5.41, 5.74) is 3.86. The number of carbonyl (C=O) groups is 1. The fourth-order valence-electron chi connectivity index (χ4n) is 1.82. The summed E-state index contributed by atoms with van der Waals surface area (Å²) in [7, 11) is 0. The third-order valence-electron chi connectivity index (χ3n) is 2.88. The molecule has 5 nitrogen and oxygen atoms in total. The van der Waals surface area contributed by atoms with E-state index in [-0.39, 0.29) is 6.54 Å². The molecule has 0 aromatic heterocycles. The highest BCUT2D eigenvalue weighted by atomic mass is 16.3. The van der Waals surface area contributed by atoms with Crippen molar-refractivity contribution in [1.29, 1.82) is 0 Å². The van der Waals surface area contributed by atoms with E-state index in [1.165, 1.54) is 0 Å². The van der Waals surface area contributed by atoms with Gasteiger partial charge in [-0.3, -0.25) is 9.79 Å². The van der Waals surface area contributed by atoms with E-state index in [2.05, 4.69) is 11.9 Å². The van der Waals surface area contributed by atoms with Gasteiger partial charge in [-0.15, -0.1) is 0 Å². The standard InChI is InChI=1S/C11H21N3O2/c1-2-3-4-5-11(16,10(12)15)8-14-7-6-13-9-14/h9,16H,2-8H2,1H3,(H2,12,15). The first-order valence-electron chi connectivity index (χ1n) is 5.85. The van der Waals surface area contributed by atoms with E-state index in [0.717, 1.165) is 32.4 Å². The summed E-state index contributed by atoms with van der Waals surface area (Å²) in [5.74, 6) is -0.635. The van der Waals surface area contributed by atoms with Gasteiger partial charge in [0, 0.05) is 6.54 Å². The average molecular weight is 227 g/mol. The van der Waals surface area contributed by atoms with Crippen molar-refractivity contribution in [3.8, 4) is 0 Å². The Morgan fingerprint density at radius 1 is 1.62 bits per heavy atom. The van der Waals surface area contributed by atoms with E-state index in [1.807, 2.05) is 4.90 Å². The maximum atomic E-state index is 11.3. The van der Waals surface area contributed by atoms with Gasteiger partial charge in [0.25, 0.3) is 5.91 Å². The van der Waals surface area contributed by atoms with Crippen LogP contribution in [-0.4, -0.2) is 47.5 Å². The lowest BCUT2D eigenvalue weighted by molar-refractivity contribution is -0.138. The molecule has 0 aliphatic carbocycles. The summed E-state index contributed by atoms with van der Waals surface area (Å²) >= 11 is 0. The number of aliphatic hydroxyl groups is 1. The van der Waals surface area contributed by atoms with Gasteiger partial charge in [0.05, 0.1) is 19.4 Å². The van der Waals surface area contributed by atoms with Gasteiger partial charge in [-0.25, -0.2) is 0 Å². The molecule has 92 valence electrons. The number of unbranched alkanes of at least 4 members (excludes halogenated alkanes) is 2. The molecule has 1 aliphatic rings. The van der Waals surface area contributed by atoms with Crippen molar-refractivity contribution in [2.45, 2.75) is 38.2 Å². The molecule has 16 heavy (non-hydrogen) atoms. The van der Waals surface area contributed by atoms with E-state index in [0.29, 0.717) is 6.42 Å². The first-order valence-corrected chi connectivity index (χ1v) is 5.85. The molecule has 0 fully saturated rings. The van der Waals surface area contributed by atoms with Crippen LogP contribution in [-0.2, 0) is 4.79 Å². The van der Waals surface area contributed by atoms with Crippen LogP contribution in [0.4, 0.5) is 0 Å². The Labute approximate surface area is 96.3 Å². The summed E-state index contributed by atoms with van der Waals surface area (Å²) in [5, 5.41) is 10.2. The molecule has 0 radical (unpaired) electrons. The van der Waals surface area contributed by atoms with Crippen molar-refractivity contribution < 1.29 is 9.90 Å². The van der Waals surface area contributed by atoms with Crippen molar-refractivity contribution >= 4 is 12.2 Å². The van der Waals surface area contributed by atoms with Crippen molar-refractivity contribution in [1.82, 2.24) is 4.90 Å². The van der Waals surface area contributed by atoms with Crippen LogP contribution < -0.4 is 5.73 Å². The number of carbonyl (C=O) groups excluding carboxylic acids is 1. The van der Waals surface area contributed by atoms with Crippen LogP contribution in [0.25, 0.3) is 0 Å². The molecule has 0 spiro atoms. The van der Waals surface area contributed by atoms with Gasteiger partial charge in [-0.1, -0.05) is 19.8 Å². The van der Waals surface area contributed by atoms with Gasteiger partial charge < -0.3 is 15.7 Å². The summed E-state index contributed by atoms with van der Waals surface area (Å²) in [6, 6.07) is 0. The lowest BCUT2D eigenvalue weighted by atomic mass is 9.95. The fourth-order valence-corrected chi connectivity index (χ4v) is 1.82. The largest absolute Gasteiger partial charge is 0.378 e. The van der Waals surface area contributed by atoms with E-state index >= 15 is 0 Å². The number of nitrogens with zero attached hydrogens (tertiary/aromatic N) is 2. The van der Waals surface area contributed by atoms with E-state index < -0.39 is 11.5 Å². The molecule has 1 unspecified atom stereocenters. The van der Waals surface area contributed by atoms with Gasteiger partial charge >= 0.3 is 0 Å². The van der Waals surface area contributed by atoms with Crippen LogP contribution in [0.1, 0.15) is 32.6 Å². The molecular weight excluding hydrogens is 206 g/mol. The Morgan fingerprint density at radius 3 is 2.88 bits per heavy atom. The molecule has 0 aromatic carbocycles. The van der Waals surface area contributed by atoms with Crippen LogP contribution >= 0.6 is 0 Å². The number of amides is 1. The summed E-state index contributed by atoms with van der Waals surface area (Å²) < 4.78 is 0. The normalized spacial score (nSPS) is 18.8. The third kappa shape index (κ3) is 3.48. The van der Waals surface area contributed by atoms with Crippen LogP contribution in [0.5, 0.6) is 0 Å². The monoisotopic (exact) mass is 227 g/mol. The molecule has 1 amide bonds. The Kier molecular flexibility index (Phi) is 4.73. The minimum absolute atomic E-state index is 0.259. The lowest BCUT2D eigenvalue weighted by Gasteiger charge is -2.29. The highest BCUT2D eigenvalue weighted by Gasteiger charge is 2.35. The Hall–Kier alpha value is -1.10. The van der Waals surface area contributed by atoms with Crippen molar-refractivity contribution in [3.63, 3.8) is 0 Å². The molecule has 1 rings (SSSR count). The predicted molar refractivity (Wildman–Crippen MR) is 63.2 cm³/mol. The first-order chi connectivity index (χ1) is 7.58. The van der Waals surface area contributed by atoms with Crippen LogP contribution in [0, 0.1) is 0 Å². The number of β-amino-alcohol motifs (C(OH)–C–C–N with tert-alkyl or cyclic N) is 1. The Bertz CT molecular complexity index is 268. The minimum Gasteiger partial charge on any atom is -0.378 e. The molecule has 1 heterocycles. The van der Waals surface area contributed by atoms with Crippen molar-refractivity contribution in [2.75, 3.05) is 19.6 Å². The summed E-state index contributed by atoms with van der Waals surface area (Å²) in [6.45, 7) is 3.82. The van der Waals surface area contributed by atoms with Crippen molar-refractivity contribution in [3.05, 3.63) is 0 Å². The second kappa shape index (κ2) is 5.84. The highest BCUT2D eigenvalue weighted by Crippen LogP contribution is 2.17. The molecule has 5 heteroatoms. The Balaban J connectivity index is 2.49. The number of aliphatic imine (C=N–C) groups is 1. The van der Waals surface area contributed by atoms with E-state index in [9.17, 15) is 9.90 Å². The zero-order chi connectivity index (χ0) is 12.0.